The van der Waals surface area contributed by atoms with E-state index in [4.69, 9.17) is 0 Å². The Kier molecular flexibility index (Phi) is 4.99. The molecule has 1 aliphatic rings. The van der Waals surface area contributed by atoms with Crippen LogP contribution in [0.15, 0.2) is 0 Å². The van der Waals surface area contributed by atoms with Crippen LogP contribution < -0.4 is 5.32 Å². The fraction of sp³-hybridized carbons (Fsp3) is 0.917. The highest BCUT2D eigenvalue weighted by molar-refractivity contribution is 5.79. The van der Waals surface area contributed by atoms with Gasteiger partial charge in [0.25, 0.3) is 0 Å². The maximum atomic E-state index is 11.4. The average molecular weight is 197 g/mol. The SMILES string of the molecule is CC(C)CCCCNC(=O)C1CCC1. The normalized spacial score (nSPS) is 16.8. The molecule has 82 valence electrons. The second-order valence-electron chi connectivity index (χ2n) is 4.81. The van der Waals surface area contributed by atoms with Gasteiger partial charge in [-0.1, -0.05) is 33.1 Å². The number of rotatable bonds is 6. The number of hydrogen-bond acceptors (Lipinski definition) is 1. The molecule has 0 atom stereocenters. The molecule has 0 aromatic rings. The third-order valence-corrected chi connectivity index (χ3v) is 2.98. The zero-order valence-electron chi connectivity index (χ0n) is 9.51. The molecule has 0 radical (unpaired) electrons. The van der Waals surface area contributed by atoms with Crippen molar-refractivity contribution < 1.29 is 4.79 Å². The van der Waals surface area contributed by atoms with Gasteiger partial charge in [-0.3, -0.25) is 4.79 Å². The lowest BCUT2D eigenvalue weighted by Gasteiger charge is -2.24. The van der Waals surface area contributed by atoms with Crippen LogP contribution in [0.3, 0.4) is 0 Å². The van der Waals surface area contributed by atoms with E-state index in [0.29, 0.717) is 11.8 Å². The largest absolute Gasteiger partial charge is 0.356 e. The maximum Gasteiger partial charge on any atom is 0.223 e. The second kappa shape index (κ2) is 6.05. The molecule has 2 nitrogen and oxygen atoms in total. The van der Waals surface area contributed by atoms with E-state index in [1.54, 1.807) is 0 Å². The van der Waals surface area contributed by atoms with E-state index < -0.39 is 0 Å². The van der Waals surface area contributed by atoms with E-state index in [1.807, 2.05) is 0 Å². The van der Waals surface area contributed by atoms with Crippen LogP contribution in [0, 0.1) is 11.8 Å². The van der Waals surface area contributed by atoms with Gasteiger partial charge in [-0.25, -0.2) is 0 Å². The predicted molar refractivity (Wildman–Crippen MR) is 59.0 cm³/mol. The summed E-state index contributed by atoms with van der Waals surface area (Å²) in [5.74, 6) is 1.43. The Morgan fingerprint density at radius 1 is 1.36 bits per heavy atom. The molecule has 0 heterocycles. The second-order valence-corrected chi connectivity index (χ2v) is 4.81. The fourth-order valence-electron chi connectivity index (χ4n) is 1.70. The zero-order chi connectivity index (χ0) is 10.4. The lowest BCUT2D eigenvalue weighted by molar-refractivity contribution is -0.127. The van der Waals surface area contributed by atoms with Gasteiger partial charge in [-0.05, 0) is 25.2 Å². The molecule has 0 aliphatic heterocycles. The van der Waals surface area contributed by atoms with Crippen LogP contribution in [-0.4, -0.2) is 12.5 Å². The van der Waals surface area contributed by atoms with Crippen molar-refractivity contribution in [2.45, 2.75) is 52.4 Å². The van der Waals surface area contributed by atoms with E-state index in [9.17, 15) is 4.79 Å². The van der Waals surface area contributed by atoms with Crippen molar-refractivity contribution >= 4 is 5.91 Å². The molecular formula is C12H23NO. The monoisotopic (exact) mass is 197 g/mol. The molecule has 1 amide bonds. The van der Waals surface area contributed by atoms with Crippen LogP contribution >= 0.6 is 0 Å². The first-order chi connectivity index (χ1) is 6.70. The predicted octanol–water partition coefficient (Wildman–Crippen LogP) is 2.73. The van der Waals surface area contributed by atoms with Gasteiger partial charge in [0.2, 0.25) is 5.91 Å². The van der Waals surface area contributed by atoms with Gasteiger partial charge in [-0.15, -0.1) is 0 Å². The van der Waals surface area contributed by atoms with Crippen LogP contribution in [-0.2, 0) is 4.79 Å². The smallest absolute Gasteiger partial charge is 0.223 e. The molecule has 14 heavy (non-hydrogen) atoms. The van der Waals surface area contributed by atoms with Crippen molar-refractivity contribution in [2.75, 3.05) is 6.54 Å². The average Bonchev–Trinajstić information content (AvgIpc) is 1.99. The summed E-state index contributed by atoms with van der Waals surface area (Å²) < 4.78 is 0. The van der Waals surface area contributed by atoms with Gasteiger partial charge in [0.15, 0.2) is 0 Å². The van der Waals surface area contributed by atoms with Crippen LogP contribution in [0.2, 0.25) is 0 Å². The quantitative estimate of drug-likeness (QED) is 0.652. The van der Waals surface area contributed by atoms with E-state index in [2.05, 4.69) is 19.2 Å². The summed E-state index contributed by atoms with van der Waals surface area (Å²) in [5.41, 5.74) is 0. The molecule has 0 saturated heterocycles. The Bertz CT molecular complexity index is 173. The first kappa shape index (κ1) is 11.5. The Labute approximate surface area is 87.5 Å². The minimum Gasteiger partial charge on any atom is -0.356 e. The molecule has 1 N–H and O–H groups in total. The first-order valence-electron chi connectivity index (χ1n) is 5.98. The molecule has 0 spiro atoms. The molecule has 2 heteroatoms. The molecular weight excluding hydrogens is 174 g/mol. The van der Waals surface area contributed by atoms with Crippen molar-refractivity contribution in [3.63, 3.8) is 0 Å². The van der Waals surface area contributed by atoms with Gasteiger partial charge >= 0.3 is 0 Å². The minimum atomic E-state index is 0.292. The van der Waals surface area contributed by atoms with Crippen molar-refractivity contribution in [1.29, 1.82) is 0 Å². The molecule has 0 aromatic heterocycles. The number of unbranched alkanes of at least 4 members (excludes halogenated alkanes) is 1. The van der Waals surface area contributed by atoms with Crippen LogP contribution in [0.1, 0.15) is 52.4 Å². The summed E-state index contributed by atoms with van der Waals surface area (Å²) in [5, 5.41) is 3.02. The number of amides is 1. The number of carbonyl (C=O) groups is 1. The standard InChI is InChI=1S/C12H23NO/c1-10(2)6-3-4-9-13-12(14)11-7-5-8-11/h10-11H,3-9H2,1-2H3,(H,13,14). The molecule has 0 bridgehead atoms. The van der Waals surface area contributed by atoms with Crippen LogP contribution in [0.5, 0.6) is 0 Å². The molecule has 0 aromatic carbocycles. The molecule has 1 rings (SSSR count). The third-order valence-electron chi connectivity index (χ3n) is 2.98. The van der Waals surface area contributed by atoms with Gasteiger partial charge in [0.1, 0.15) is 0 Å². The summed E-state index contributed by atoms with van der Waals surface area (Å²) in [6, 6.07) is 0. The van der Waals surface area contributed by atoms with Crippen molar-refractivity contribution in [2.24, 2.45) is 11.8 Å². The van der Waals surface area contributed by atoms with Gasteiger partial charge in [0.05, 0.1) is 0 Å². The topological polar surface area (TPSA) is 29.1 Å². The maximum absolute atomic E-state index is 11.4. The summed E-state index contributed by atoms with van der Waals surface area (Å²) in [6.07, 6.45) is 7.11. The number of hydrogen-bond donors (Lipinski definition) is 1. The highest BCUT2D eigenvalue weighted by atomic mass is 16.1. The van der Waals surface area contributed by atoms with Gasteiger partial charge in [0, 0.05) is 12.5 Å². The summed E-state index contributed by atoms with van der Waals surface area (Å²) in [4.78, 5) is 11.4. The highest BCUT2D eigenvalue weighted by Gasteiger charge is 2.24. The summed E-state index contributed by atoms with van der Waals surface area (Å²) in [6.45, 7) is 5.36. The molecule has 0 unspecified atom stereocenters. The minimum absolute atomic E-state index is 0.292. The molecule has 1 fully saturated rings. The van der Waals surface area contributed by atoms with Crippen LogP contribution in [0.4, 0.5) is 0 Å². The van der Waals surface area contributed by atoms with Crippen LogP contribution in [0.25, 0.3) is 0 Å². The third kappa shape index (κ3) is 4.12. The van der Waals surface area contributed by atoms with Crippen molar-refractivity contribution in [1.82, 2.24) is 5.32 Å². The summed E-state index contributed by atoms with van der Waals surface area (Å²) in [7, 11) is 0. The lowest BCUT2D eigenvalue weighted by Crippen LogP contribution is -2.34. The zero-order valence-corrected chi connectivity index (χ0v) is 9.51. The fourth-order valence-corrected chi connectivity index (χ4v) is 1.70. The first-order valence-corrected chi connectivity index (χ1v) is 5.98. The van der Waals surface area contributed by atoms with Gasteiger partial charge < -0.3 is 5.32 Å². The Hall–Kier alpha value is -0.530. The van der Waals surface area contributed by atoms with E-state index >= 15 is 0 Å². The Balaban J connectivity index is 1.90. The van der Waals surface area contributed by atoms with E-state index in [1.165, 1.54) is 19.3 Å². The van der Waals surface area contributed by atoms with Crippen molar-refractivity contribution in [3.8, 4) is 0 Å². The number of carbonyl (C=O) groups excluding carboxylic acids is 1. The van der Waals surface area contributed by atoms with Crippen molar-refractivity contribution in [3.05, 3.63) is 0 Å². The van der Waals surface area contributed by atoms with E-state index in [-0.39, 0.29) is 0 Å². The molecule has 1 aliphatic carbocycles. The summed E-state index contributed by atoms with van der Waals surface area (Å²) >= 11 is 0. The molecule has 1 saturated carbocycles. The lowest BCUT2D eigenvalue weighted by atomic mass is 9.85. The van der Waals surface area contributed by atoms with Gasteiger partial charge in [-0.2, -0.15) is 0 Å². The Morgan fingerprint density at radius 3 is 2.57 bits per heavy atom. The highest BCUT2D eigenvalue weighted by Crippen LogP contribution is 2.26. The van der Waals surface area contributed by atoms with E-state index in [0.717, 1.165) is 31.7 Å². The Morgan fingerprint density at radius 2 is 2.07 bits per heavy atom. The number of nitrogens with one attached hydrogen (secondary N) is 1.